The van der Waals surface area contributed by atoms with Crippen molar-refractivity contribution in [2.75, 3.05) is 19.8 Å². The van der Waals surface area contributed by atoms with E-state index in [0.29, 0.717) is 13.2 Å². The molecule has 0 aliphatic rings. The predicted molar refractivity (Wildman–Crippen MR) is 68.0 cm³/mol. The molecule has 0 aromatic carbocycles. The van der Waals surface area contributed by atoms with Gasteiger partial charge in [0.05, 0.1) is 24.9 Å². The molecule has 0 saturated carbocycles. The molecule has 0 fully saturated rings. The first-order valence-corrected chi connectivity index (χ1v) is 6.44. The van der Waals surface area contributed by atoms with E-state index in [1.165, 1.54) is 0 Å². The molecule has 0 saturated heterocycles. The SMILES string of the molecule is CCCC(COCC)OC(CO)OC(C)(C)C. The number of aliphatic hydroxyl groups is 1. The zero-order valence-corrected chi connectivity index (χ0v) is 11.9. The van der Waals surface area contributed by atoms with Gasteiger partial charge in [0.2, 0.25) is 0 Å². The number of hydrogen-bond donors (Lipinski definition) is 1. The molecular formula is C13H28O4. The van der Waals surface area contributed by atoms with Crippen LogP contribution >= 0.6 is 0 Å². The van der Waals surface area contributed by atoms with Gasteiger partial charge >= 0.3 is 0 Å². The van der Waals surface area contributed by atoms with Gasteiger partial charge in [-0.2, -0.15) is 0 Å². The summed E-state index contributed by atoms with van der Waals surface area (Å²) >= 11 is 0. The summed E-state index contributed by atoms with van der Waals surface area (Å²) in [5.74, 6) is 0. The van der Waals surface area contributed by atoms with Crippen LogP contribution in [0.4, 0.5) is 0 Å². The minimum Gasteiger partial charge on any atom is -0.391 e. The van der Waals surface area contributed by atoms with Gasteiger partial charge in [0.25, 0.3) is 0 Å². The third-order valence-corrected chi connectivity index (χ3v) is 2.10. The monoisotopic (exact) mass is 248 g/mol. The van der Waals surface area contributed by atoms with Crippen molar-refractivity contribution in [3.8, 4) is 0 Å². The van der Waals surface area contributed by atoms with Gasteiger partial charge in [0.15, 0.2) is 6.29 Å². The standard InChI is InChI=1S/C13H28O4/c1-6-8-11(10-15-7-2)16-12(9-14)17-13(3,4)5/h11-12,14H,6-10H2,1-5H3. The minimum atomic E-state index is -0.577. The van der Waals surface area contributed by atoms with Crippen LogP contribution in [-0.4, -0.2) is 42.9 Å². The van der Waals surface area contributed by atoms with Crippen molar-refractivity contribution in [1.82, 2.24) is 0 Å². The molecular weight excluding hydrogens is 220 g/mol. The van der Waals surface area contributed by atoms with Gasteiger partial charge in [-0.3, -0.25) is 0 Å². The highest BCUT2D eigenvalue weighted by molar-refractivity contribution is 4.63. The highest BCUT2D eigenvalue weighted by Crippen LogP contribution is 2.15. The van der Waals surface area contributed by atoms with E-state index >= 15 is 0 Å². The number of aliphatic hydroxyl groups excluding tert-OH is 1. The first-order valence-electron chi connectivity index (χ1n) is 6.44. The van der Waals surface area contributed by atoms with Crippen molar-refractivity contribution in [3.63, 3.8) is 0 Å². The Bertz CT molecular complexity index is 177. The van der Waals surface area contributed by atoms with Gasteiger partial charge < -0.3 is 19.3 Å². The Morgan fingerprint density at radius 2 is 1.82 bits per heavy atom. The van der Waals surface area contributed by atoms with Crippen molar-refractivity contribution >= 4 is 0 Å². The molecule has 4 nitrogen and oxygen atoms in total. The molecule has 0 heterocycles. The molecule has 0 bridgehead atoms. The highest BCUT2D eigenvalue weighted by Gasteiger charge is 2.22. The Balaban J connectivity index is 4.17. The van der Waals surface area contributed by atoms with Gasteiger partial charge in [-0.05, 0) is 34.1 Å². The van der Waals surface area contributed by atoms with E-state index < -0.39 is 6.29 Å². The zero-order chi connectivity index (χ0) is 13.3. The summed E-state index contributed by atoms with van der Waals surface area (Å²) in [6, 6.07) is 0. The lowest BCUT2D eigenvalue weighted by Crippen LogP contribution is -2.36. The summed E-state index contributed by atoms with van der Waals surface area (Å²) in [5.41, 5.74) is -0.324. The molecule has 0 spiro atoms. The maximum Gasteiger partial charge on any atom is 0.181 e. The second-order valence-corrected chi connectivity index (χ2v) is 5.05. The summed E-state index contributed by atoms with van der Waals surface area (Å²) in [6.45, 7) is 11.0. The van der Waals surface area contributed by atoms with Crippen LogP contribution in [0.2, 0.25) is 0 Å². The van der Waals surface area contributed by atoms with Crippen LogP contribution in [0, 0.1) is 0 Å². The average Bonchev–Trinajstić information content (AvgIpc) is 2.23. The van der Waals surface area contributed by atoms with E-state index in [-0.39, 0.29) is 18.3 Å². The lowest BCUT2D eigenvalue weighted by molar-refractivity contribution is -0.236. The highest BCUT2D eigenvalue weighted by atomic mass is 16.7. The van der Waals surface area contributed by atoms with E-state index in [1.54, 1.807) is 0 Å². The Morgan fingerprint density at radius 3 is 2.24 bits per heavy atom. The van der Waals surface area contributed by atoms with Crippen molar-refractivity contribution in [2.45, 2.75) is 65.5 Å². The fourth-order valence-corrected chi connectivity index (χ4v) is 1.48. The zero-order valence-electron chi connectivity index (χ0n) is 11.9. The van der Waals surface area contributed by atoms with Crippen molar-refractivity contribution in [3.05, 3.63) is 0 Å². The van der Waals surface area contributed by atoms with Crippen LogP contribution in [0.1, 0.15) is 47.5 Å². The molecule has 2 atom stereocenters. The summed E-state index contributed by atoms with van der Waals surface area (Å²) in [6.07, 6.45) is 1.33. The van der Waals surface area contributed by atoms with Gasteiger partial charge in [-0.1, -0.05) is 13.3 Å². The number of hydrogen-bond acceptors (Lipinski definition) is 4. The fourth-order valence-electron chi connectivity index (χ4n) is 1.48. The van der Waals surface area contributed by atoms with Gasteiger partial charge in [-0.15, -0.1) is 0 Å². The molecule has 17 heavy (non-hydrogen) atoms. The molecule has 2 unspecified atom stereocenters. The number of ether oxygens (including phenoxy) is 3. The second-order valence-electron chi connectivity index (χ2n) is 5.05. The summed E-state index contributed by atoms with van der Waals surface area (Å²) in [5, 5.41) is 9.24. The smallest absolute Gasteiger partial charge is 0.181 e. The topological polar surface area (TPSA) is 47.9 Å². The number of rotatable bonds is 9. The summed E-state index contributed by atoms with van der Waals surface area (Å²) < 4.78 is 16.7. The third-order valence-electron chi connectivity index (χ3n) is 2.10. The van der Waals surface area contributed by atoms with Crippen LogP contribution in [0.5, 0.6) is 0 Å². The van der Waals surface area contributed by atoms with E-state index in [2.05, 4.69) is 6.92 Å². The second kappa shape index (κ2) is 8.86. The van der Waals surface area contributed by atoms with Gasteiger partial charge in [0.1, 0.15) is 0 Å². The summed E-state index contributed by atoms with van der Waals surface area (Å²) in [4.78, 5) is 0. The molecule has 4 heteroatoms. The lowest BCUT2D eigenvalue weighted by atomic mass is 10.2. The van der Waals surface area contributed by atoms with E-state index in [9.17, 15) is 5.11 Å². The Labute approximate surface area is 105 Å². The minimum absolute atomic E-state index is 0.0144. The van der Waals surface area contributed by atoms with Crippen LogP contribution < -0.4 is 0 Å². The molecule has 0 rings (SSSR count). The Hall–Kier alpha value is -0.160. The van der Waals surface area contributed by atoms with Crippen molar-refractivity contribution < 1.29 is 19.3 Å². The largest absolute Gasteiger partial charge is 0.391 e. The summed E-state index contributed by atoms with van der Waals surface area (Å²) in [7, 11) is 0. The maximum absolute atomic E-state index is 9.24. The van der Waals surface area contributed by atoms with E-state index in [4.69, 9.17) is 14.2 Å². The van der Waals surface area contributed by atoms with E-state index in [0.717, 1.165) is 12.8 Å². The normalized spacial score (nSPS) is 15.9. The maximum atomic E-state index is 9.24. The van der Waals surface area contributed by atoms with Crippen LogP contribution in [0.25, 0.3) is 0 Å². The quantitative estimate of drug-likeness (QED) is 0.636. The molecule has 0 aliphatic heterocycles. The molecule has 1 N–H and O–H groups in total. The van der Waals surface area contributed by atoms with Crippen LogP contribution in [-0.2, 0) is 14.2 Å². The molecule has 0 radical (unpaired) electrons. The molecule has 104 valence electrons. The average molecular weight is 248 g/mol. The van der Waals surface area contributed by atoms with Crippen molar-refractivity contribution in [1.29, 1.82) is 0 Å². The third kappa shape index (κ3) is 9.53. The Kier molecular flexibility index (Phi) is 8.78. The molecule has 0 aromatic heterocycles. The van der Waals surface area contributed by atoms with Gasteiger partial charge in [0, 0.05) is 6.61 Å². The fraction of sp³-hybridized carbons (Fsp3) is 1.00. The molecule has 0 aliphatic carbocycles. The first kappa shape index (κ1) is 16.8. The molecule has 0 aromatic rings. The molecule has 0 amide bonds. The predicted octanol–water partition coefficient (Wildman–Crippen LogP) is 2.34. The van der Waals surface area contributed by atoms with Crippen molar-refractivity contribution in [2.24, 2.45) is 0 Å². The Morgan fingerprint density at radius 1 is 1.18 bits per heavy atom. The van der Waals surface area contributed by atoms with Crippen LogP contribution in [0.15, 0.2) is 0 Å². The lowest BCUT2D eigenvalue weighted by Gasteiger charge is -2.29. The first-order chi connectivity index (χ1) is 7.92. The van der Waals surface area contributed by atoms with Gasteiger partial charge in [-0.25, -0.2) is 0 Å². The van der Waals surface area contributed by atoms with E-state index in [1.807, 2.05) is 27.7 Å². The van der Waals surface area contributed by atoms with Crippen LogP contribution in [0.3, 0.4) is 0 Å².